The fourth-order valence-corrected chi connectivity index (χ4v) is 4.06. The summed E-state index contributed by atoms with van der Waals surface area (Å²) in [6.45, 7) is 1.05. The molecular formula is C21H24N2O. The number of hydrogen-bond donors (Lipinski definition) is 0. The fourth-order valence-electron chi connectivity index (χ4n) is 4.06. The van der Waals surface area contributed by atoms with E-state index in [1.165, 1.54) is 30.4 Å². The third kappa shape index (κ3) is 3.09. The molecule has 3 heterocycles. The largest absolute Gasteiger partial charge is 0.481 e. The van der Waals surface area contributed by atoms with E-state index in [4.69, 9.17) is 4.74 Å². The predicted molar refractivity (Wildman–Crippen MR) is 96.8 cm³/mol. The summed E-state index contributed by atoms with van der Waals surface area (Å²) >= 11 is 0. The summed E-state index contributed by atoms with van der Waals surface area (Å²) in [5, 5.41) is 0. The molecule has 1 aromatic heterocycles. The minimum absolute atomic E-state index is 0.528. The molecule has 3 nitrogen and oxygen atoms in total. The van der Waals surface area contributed by atoms with Crippen molar-refractivity contribution in [2.45, 2.75) is 44.3 Å². The number of aromatic nitrogens is 1. The predicted octanol–water partition coefficient (Wildman–Crippen LogP) is 4.30. The van der Waals surface area contributed by atoms with Gasteiger partial charge in [-0.1, -0.05) is 48.9 Å². The highest BCUT2D eigenvalue weighted by Gasteiger charge is 2.34. The molecule has 24 heavy (non-hydrogen) atoms. The van der Waals surface area contributed by atoms with Gasteiger partial charge in [0.15, 0.2) is 0 Å². The van der Waals surface area contributed by atoms with Gasteiger partial charge in [-0.2, -0.15) is 0 Å². The first-order chi connectivity index (χ1) is 11.8. The minimum Gasteiger partial charge on any atom is -0.481 e. The Morgan fingerprint density at radius 3 is 2.75 bits per heavy atom. The number of nitrogens with zero attached hydrogens (tertiary/aromatic N) is 2. The zero-order chi connectivity index (χ0) is 16.4. The Bertz CT molecular complexity index is 726. The van der Waals surface area contributed by atoms with Crippen molar-refractivity contribution in [2.24, 2.45) is 0 Å². The zero-order valence-electron chi connectivity index (χ0n) is 14.2. The minimum atomic E-state index is 0.528. The van der Waals surface area contributed by atoms with Gasteiger partial charge in [-0.25, -0.2) is 4.98 Å². The molecular weight excluding hydrogens is 296 g/mol. The molecule has 2 atom stereocenters. The van der Waals surface area contributed by atoms with Crippen molar-refractivity contribution in [2.75, 3.05) is 7.11 Å². The van der Waals surface area contributed by atoms with Crippen LogP contribution in [-0.2, 0) is 6.54 Å². The average molecular weight is 320 g/mol. The topological polar surface area (TPSA) is 25.4 Å². The van der Waals surface area contributed by atoms with Crippen LogP contribution in [0.3, 0.4) is 0 Å². The van der Waals surface area contributed by atoms with Gasteiger partial charge < -0.3 is 4.74 Å². The van der Waals surface area contributed by atoms with Crippen molar-refractivity contribution in [3.8, 4) is 5.88 Å². The lowest BCUT2D eigenvalue weighted by Gasteiger charge is -2.45. The highest BCUT2D eigenvalue weighted by molar-refractivity contribution is 5.65. The number of pyridine rings is 1. The highest BCUT2D eigenvalue weighted by atomic mass is 16.5. The van der Waals surface area contributed by atoms with Crippen LogP contribution in [0.25, 0.3) is 5.57 Å². The molecule has 2 bridgehead atoms. The van der Waals surface area contributed by atoms with Crippen molar-refractivity contribution in [1.29, 1.82) is 0 Å². The third-order valence-corrected chi connectivity index (χ3v) is 5.25. The second-order valence-electron chi connectivity index (χ2n) is 6.77. The van der Waals surface area contributed by atoms with Crippen LogP contribution in [0, 0.1) is 0 Å². The Morgan fingerprint density at radius 1 is 1.08 bits per heavy atom. The van der Waals surface area contributed by atoms with Crippen molar-refractivity contribution >= 4 is 5.57 Å². The molecule has 2 aliphatic rings. The quantitative estimate of drug-likeness (QED) is 0.840. The van der Waals surface area contributed by atoms with Gasteiger partial charge in [0.2, 0.25) is 5.88 Å². The summed E-state index contributed by atoms with van der Waals surface area (Å²) in [5.41, 5.74) is 3.87. The number of ether oxygens (including phenoxy) is 1. The van der Waals surface area contributed by atoms with Gasteiger partial charge in [0.25, 0.3) is 0 Å². The molecule has 1 aromatic carbocycles. The van der Waals surface area contributed by atoms with Crippen LogP contribution in [0.15, 0.2) is 54.6 Å². The highest BCUT2D eigenvalue weighted by Crippen LogP contribution is 2.37. The van der Waals surface area contributed by atoms with Crippen LogP contribution >= 0.6 is 0 Å². The number of rotatable bonds is 4. The van der Waals surface area contributed by atoms with E-state index in [1.807, 2.05) is 12.1 Å². The fraction of sp³-hybridized carbons (Fsp3) is 0.381. The lowest BCUT2D eigenvalue weighted by molar-refractivity contribution is 0.0950. The molecule has 0 saturated carbocycles. The molecule has 0 aliphatic carbocycles. The van der Waals surface area contributed by atoms with Crippen molar-refractivity contribution < 1.29 is 4.74 Å². The maximum absolute atomic E-state index is 5.29. The van der Waals surface area contributed by atoms with E-state index in [0.717, 1.165) is 18.7 Å². The summed E-state index contributed by atoms with van der Waals surface area (Å²) in [6.07, 6.45) is 7.39. The number of piperidine rings is 1. The van der Waals surface area contributed by atoms with Crippen molar-refractivity contribution in [3.05, 3.63) is 65.9 Å². The van der Waals surface area contributed by atoms with Crippen LogP contribution in [0.2, 0.25) is 0 Å². The van der Waals surface area contributed by atoms with E-state index in [0.29, 0.717) is 18.0 Å². The third-order valence-electron chi connectivity index (χ3n) is 5.25. The van der Waals surface area contributed by atoms with Crippen LogP contribution in [-0.4, -0.2) is 29.1 Å². The molecule has 2 aliphatic heterocycles. The molecule has 1 fully saturated rings. The first-order valence-corrected chi connectivity index (χ1v) is 8.85. The van der Waals surface area contributed by atoms with E-state index in [2.05, 4.69) is 52.4 Å². The second-order valence-corrected chi connectivity index (χ2v) is 6.77. The van der Waals surface area contributed by atoms with Crippen molar-refractivity contribution in [1.82, 2.24) is 9.88 Å². The molecule has 3 heteroatoms. The smallest absolute Gasteiger partial charge is 0.213 e. The number of hydrogen-bond acceptors (Lipinski definition) is 3. The lowest BCUT2D eigenvalue weighted by Crippen LogP contribution is -2.47. The van der Waals surface area contributed by atoms with E-state index in [-0.39, 0.29) is 0 Å². The molecule has 0 spiro atoms. The second kappa shape index (κ2) is 6.78. The first-order valence-electron chi connectivity index (χ1n) is 8.85. The summed E-state index contributed by atoms with van der Waals surface area (Å²) in [6, 6.07) is 18.0. The van der Waals surface area contributed by atoms with Crippen LogP contribution in [0.5, 0.6) is 5.88 Å². The Balaban J connectivity index is 1.59. The van der Waals surface area contributed by atoms with Crippen LogP contribution in [0.4, 0.5) is 0 Å². The lowest BCUT2D eigenvalue weighted by atomic mass is 9.83. The summed E-state index contributed by atoms with van der Waals surface area (Å²) in [5.74, 6) is 0.699. The normalized spacial score (nSPS) is 23.6. The van der Waals surface area contributed by atoms with E-state index >= 15 is 0 Å². The SMILES string of the molecule is COc1cccc(C2=CC3CCCC(C2)N3Cc2ccccc2)n1. The maximum atomic E-state index is 5.29. The number of fused-ring (bicyclic) bond motifs is 2. The Morgan fingerprint density at radius 2 is 1.96 bits per heavy atom. The van der Waals surface area contributed by atoms with Crippen molar-refractivity contribution in [3.63, 3.8) is 0 Å². The average Bonchev–Trinajstić information content (AvgIpc) is 2.62. The van der Waals surface area contributed by atoms with Gasteiger partial charge in [-0.3, -0.25) is 4.90 Å². The van der Waals surface area contributed by atoms with Gasteiger partial charge >= 0.3 is 0 Å². The van der Waals surface area contributed by atoms with E-state index in [1.54, 1.807) is 7.11 Å². The summed E-state index contributed by atoms with van der Waals surface area (Å²) < 4.78 is 5.29. The van der Waals surface area contributed by atoms with Gasteiger partial charge in [-0.15, -0.1) is 0 Å². The number of methoxy groups -OCH3 is 1. The van der Waals surface area contributed by atoms with E-state index < -0.39 is 0 Å². The summed E-state index contributed by atoms with van der Waals surface area (Å²) in [7, 11) is 1.68. The maximum Gasteiger partial charge on any atom is 0.213 e. The van der Waals surface area contributed by atoms with Crippen LogP contribution < -0.4 is 4.74 Å². The standard InChI is InChI=1S/C21H24N2O/c1-24-21-12-6-11-20(22-21)17-13-18-9-5-10-19(14-17)23(18)15-16-7-3-2-4-8-16/h2-4,6-8,11-13,18-19H,5,9-10,14-15H2,1H3. The van der Waals surface area contributed by atoms with Crippen LogP contribution in [0.1, 0.15) is 36.9 Å². The molecule has 2 aromatic rings. The Kier molecular flexibility index (Phi) is 4.35. The molecule has 1 saturated heterocycles. The Hall–Kier alpha value is -2.13. The molecule has 0 N–H and O–H groups in total. The molecule has 0 amide bonds. The zero-order valence-corrected chi connectivity index (χ0v) is 14.2. The van der Waals surface area contributed by atoms with E-state index in [9.17, 15) is 0 Å². The molecule has 0 radical (unpaired) electrons. The Labute approximate surface area is 144 Å². The number of benzene rings is 1. The summed E-state index contributed by atoms with van der Waals surface area (Å²) in [4.78, 5) is 7.33. The molecule has 2 unspecified atom stereocenters. The monoisotopic (exact) mass is 320 g/mol. The molecule has 4 rings (SSSR count). The van der Waals surface area contributed by atoms with Gasteiger partial charge in [-0.05, 0) is 36.5 Å². The molecule has 124 valence electrons. The first kappa shape index (κ1) is 15.4. The van der Waals surface area contributed by atoms with Gasteiger partial charge in [0.1, 0.15) is 0 Å². The van der Waals surface area contributed by atoms with Gasteiger partial charge in [0, 0.05) is 24.7 Å². The van der Waals surface area contributed by atoms with Gasteiger partial charge in [0.05, 0.1) is 12.8 Å².